The summed E-state index contributed by atoms with van der Waals surface area (Å²) in [4.78, 5) is 14.4. The Morgan fingerprint density at radius 1 is 1.07 bits per heavy atom. The first-order valence-electron chi connectivity index (χ1n) is 8.85. The molecule has 27 heavy (non-hydrogen) atoms. The molecule has 2 aromatic rings. The largest absolute Gasteiger partial charge is 0.392 e. The van der Waals surface area contributed by atoms with Crippen LogP contribution in [0.4, 0.5) is 14.5 Å². The molecule has 0 saturated carbocycles. The van der Waals surface area contributed by atoms with Crippen LogP contribution in [-0.4, -0.2) is 42.7 Å². The van der Waals surface area contributed by atoms with Crippen molar-refractivity contribution in [2.24, 2.45) is 0 Å². The molecule has 2 N–H and O–H groups in total. The van der Waals surface area contributed by atoms with Gasteiger partial charge in [0.25, 0.3) is 5.91 Å². The van der Waals surface area contributed by atoms with Crippen LogP contribution in [0.3, 0.4) is 0 Å². The Morgan fingerprint density at radius 3 is 2.33 bits per heavy atom. The van der Waals surface area contributed by atoms with E-state index < -0.39 is 23.1 Å². The van der Waals surface area contributed by atoms with Crippen molar-refractivity contribution in [3.8, 4) is 0 Å². The molecular weight excluding hydrogens is 350 g/mol. The van der Waals surface area contributed by atoms with Crippen LogP contribution in [-0.2, 0) is 0 Å². The number of halogens is 2. The number of carbonyl (C=O) groups excluding carboxylic acids is 1. The van der Waals surface area contributed by atoms with E-state index in [0.717, 1.165) is 54.8 Å². The average Bonchev–Trinajstić information content (AvgIpc) is 2.83. The van der Waals surface area contributed by atoms with Crippen LogP contribution in [0.1, 0.15) is 28.8 Å². The number of rotatable bonds is 4. The number of aliphatic hydroxyl groups excluding tert-OH is 1. The number of anilines is 1. The number of nitrogens with one attached hydrogen (secondary N) is 1. The van der Waals surface area contributed by atoms with Gasteiger partial charge in [-0.2, -0.15) is 0 Å². The van der Waals surface area contributed by atoms with Crippen molar-refractivity contribution < 1.29 is 18.7 Å². The van der Waals surface area contributed by atoms with Crippen molar-refractivity contribution in [3.63, 3.8) is 0 Å². The first-order valence-corrected chi connectivity index (χ1v) is 8.85. The second kappa shape index (κ2) is 8.41. The number of carbonyl (C=O) groups is 1. The molecule has 1 aliphatic rings. The third-order valence-electron chi connectivity index (χ3n) is 4.84. The standard InChI is InChI=1S/C21H22F2N2O2/c1-25-11-9-15(13-26)17(10-12-25)14-5-7-16(8-6-14)24-21(27)20-18(22)3-2-4-19(20)23/h2-8,26H,9-13H2,1H3,(H,24,27). The molecule has 1 aliphatic heterocycles. The molecule has 1 heterocycles. The van der Waals surface area contributed by atoms with Crippen molar-refractivity contribution in [3.05, 3.63) is 70.8 Å². The molecule has 1 amide bonds. The van der Waals surface area contributed by atoms with Crippen LogP contribution in [0.25, 0.3) is 5.57 Å². The summed E-state index contributed by atoms with van der Waals surface area (Å²) in [6.07, 6.45) is 1.64. The van der Waals surface area contributed by atoms with Gasteiger partial charge in [0.05, 0.1) is 6.61 Å². The molecule has 0 aliphatic carbocycles. The summed E-state index contributed by atoms with van der Waals surface area (Å²) in [7, 11) is 2.05. The first kappa shape index (κ1) is 19.2. The fourth-order valence-corrected chi connectivity index (χ4v) is 3.25. The van der Waals surface area contributed by atoms with Gasteiger partial charge in [-0.25, -0.2) is 8.78 Å². The van der Waals surface area contributed by atoms with Crippen molar-refractivity contribution in [2.45, 2.75) is 12.8 Å². The van der Waals surface area contributed by atoms with Crippen LogP contribution in [0, 0.1) is 11.6 Å². The molecule has 2 aromatic carbocycles. The molecule has 0 saturated heterocycles. The minimum atomic E-state index is -0.899. The van der Waals surface area contributed by atoms with Crippen LogP contribution in [0.15, 0.2) is 48.0 Å². The van der Waals surface area contributed by atoms with Gasteiger partial charge in [-0.1, -0.05) is 18.2 Å². The predicted octanol–water partition coefficient (Wildman–Crippen LogP) is 3.69. The normalized spacial score (nSPS) is 15.6. The zero-order valence-electron chi connectivity index (χ0n) is 15.1. The molecule has 0 atom stereocenters. The SMILES string of the molecule is CN1CCC(CO)=C(c2ccc(NC(=O)c3c(F)cccc3F)cc2)CC1. The van der Waals surface area contributed by atoms with Gasteiger partial charge in [0, 0.05) is 18.8 Å². The minimum Gasteiger partial charge on any atom is -0.392 e. The minimum absolute atomic E-state index is 0.0220. The smallest absolute Gasteiger partial charge is 0.261 e. The Labute approximate surface area is 157 Å². The molecule has 3 rings (SSSR count). The summed E-state index contributed by atoms with van der Waals surface area (Å²) >= 11 is 0. The summed E-state index contributed by atoms with van der Waals surface area (Å²) in [5.41, 5.74) is 2.95. The highest BCUT2D eigenvalue weighted by molar-refractivity contribution is 6.04. The molecule has 0 radical (unpaired) electrons. The second-order valence-corrected chi connectivity index (χ2v) is 6.67. The Morgan fingerprint density at radius 2 is 1.70 bits per heavy atom. The second-order valence-electron chi connectivity index (χ2n) is 6.67. The molecule has 0 unspecified atom stereocenters. The van der Waals surface area contributed by atoms with Gasteiger partial charge >= 0.3 is 0 Å². The topological polar surface area (TPSA) is 52.6 Å². The highest BCUT2D eigenvalue weighted by Crippen LogP contribution is 2.28. The summed E-state index contributed by atoms with van der Waals surface area (Å²) in [6, 6.07) is 10.4. The molecule has 0 bridgehead atoms. The van der Waals surface area contributed by atoms with E-state index in [1.807, 2.05) is 12.1 Å². The Balaban J connectivity index is 1.79. The van der Waals surface area contributed by atoms with Crippen LogP contribution < -0.4 is 5.32 Å². The van der Waals surface area contributed by atoms with Gasteiger partial charge in [-0.15, -0.1) is 0 Å². The summed E-state index contributed by atoms with van der Waals surface area (Å²) in [6.45, 7) is 1.83. The van der Waals surface area contributed by atoms with E-state index in [9.17, 15) is 18.7 Å². The first-order chi connectivity index (χ1) is 13.0. The van der Waals surface area contributed by atoms with Gasteiger partial charge in [-0.3, -0.25) is 4.79 Å². The van der Waals surface area contributed by atoms with Crippen LogP contribution in [0.5, 0.6) is 0 Å². The van der Waals surface area contributed by atoms with Crippen molar-refractivity contribution in [2.75, 3.05) is 32.1 Å². The lowest BCUT2D eigenvalue weighted by Gasteiger charge is -2.13. The number of aliphatic hydroxyl groups is 1. The zero-order valence-corrected chi connectivity index (χ0v) is 15.1. The van der Waals surface area contributed by atoms with Crippen LogP contribution >= 0.6 is 0 Å². The maximum absolute atomic E-state index is 13.7. The molecule has 0 fully saturated rings. The number of amides is 1. The summed E-state index contributed by atoms with van der Waals surface area (Å²) < 4.78 is 27.5. The molecule has 6 heteroatoms. The lowest BCUT2D eigenvalue weighted by Crippen LogP contribution is -2.19. The van der Waals surface area contributed by atoms with Gasteiger partial charge in [0.2, 0.25) is 0 Å². The third kappa shape index (κ3) is 4.40. The van der Waals surface area contributed by atoms with E-state index in [0.29, 0.717) is 5.69 Å². The average molecular weight is 372 g/mol. The van der Waals surface area contributed by atoms with Crippen molar-refractivity contribution in [1.82, 2.24) is 4.90 Å². The van der Waals surface area contributed by atoms with Crippen molar-refractivity contribution >= 4 is 17.2 Å². The maximum atomic E-state index is 13.7. The Kier molecular flexibility index (Phi) is 5.98. The van der Waals surface area contributed by atoms with E-state index >= 15 is 0 Å². The molecule has 4 nitrogen and oxygen atoms in total. The van der Waals surface area contributed by atoms with E-state index in [2.05, 4.69) is 17.3 Å². The number of hydrogen-bond acceptors (Lipinski definition) is 3. The van der Waals surface area contributed by atoms with E-state index in [1.165, 1.54) is 6.07 Å². The predicted molar refractivity (Wildman–Crippen MR) is 101 cm³/mol. The number of hydrogen-bond donors (Lipinski definition) is 2. The summed E-state index contributed by atoms with van der Waals surface area (Å²) in [5.74, 6) is -2.63. The highest BCUT2D eigenvalue weighted by atomic mass is 19.1. The number of nitrogens with zero attached hydrogens (tertiary/aromatic N) is 1. The Hall–Kier alpha value is -2.57. The number of benzene rings is 2. The quantitative estimate of drug-likeness (QED) is 0.861. The third-order valence-corrected chi connectivity index (χ3v) is 4.84. The zero-order chi connectivity index (χ0) is 19.4. The molecule has 142 valence electrons. The summed E-state index contributed by atoms with van der Waals surface area (Å²) in [5, 5.41) is 12.2. The monoisotopic (exact) mass is 372 g/mol. The maximum Gasteiger partial charge on any atom is 0.261 e. The molecule has 0 aromatic heterocycles. The molecular formula is C21H22F2N2O2. The lowest BCUT2D eigenvalue weighted by atomic mass is 9.96. The lowest BCUT2D eigenvalue weighted by molar-refractivity contribution is 0.101. The van der Waals surface area contributed by atoms with Gasteiger partial charge in [-0.05, 0) is 60.9 Å². The van der Waals surface area contributed by atoms with Gasteiger partial charge in [0.1, 0.15) is 17.2 Å². The highest BCUT2D eigenvalue weighted by Gasteiger charge is 2.18. The fraction of sp³-hybridized carbons (Fsp3) is 0.286. The van der Waals surface area contributed by atoms with Gasteiger partial charge < -0.3 is 15.3 Å². The Bertz CT molecular complexity index is 843. The van der Waals surface area contributed by atoms with E-state index in [1.54, 1.807) is 12.1 Å². The molecule has 0 spiro atoms. The van der Waals surface area contributed by atoms with E-state index in [4.69, 9.17) is 0 Å². The van der Waals surface area contributed by atoms with E-state index in [-0.39, 0.29) is 6.61 Å². The van der Waals surface area contributed by atoms with Crippen LogP contribution in [0.2, 0.25) is 0 Å². The fourth-order valence-electron chi connectivity index (χ4n) is 3.25. The van der Waals surface area contributed by atoms with Gasteiger partial charge in [0.15, 0.2) is 0 Å². The van der Waals surface area contributed by atoms with Crippen molar-refractivity contribution in [1.29, 1.82) is 0 Å².